The Labute approximate surface area is 266 Å². The molecule has 0 saturated heterocycles. The van der Waals surface area contributed by atoms with E-state index in [0.29, 0.717) is 6.71 Å². The average Bonchev–Trinajstić information content (AvgIpc) is 3.65. The molecule has 6 rings (SSSR count). The molecule has 0 amide bonds. The molecule has 0 radical (unpaired) electrons. The normalized spacial score (nSPS) is 11.2. The number of unbranched alkanes of at least 4 members (excludes halogenated alkanes) is 2. The lowest BCUT2D eigenvalue weighted by molar-refractivity contribution is 0.596. The van der Waals surface area contributed by atoms with E-state index >= 15 is 0 Å². The molecular formula is C40H43BN2Si. The van der Waals surface area contributed by atoms with Gasteiger partial charge in [-0.1, -0.05) is 188 Å². The molecule has 0 aliphatic heterocycles. The molecule has 0 aliphatic carbocycles. The van der Waals surface area contributed by atoms with Gasteiger partial charge in [-0.05, 0) is 29.5 Å². The van der Waals surface area contributed by atoms with Crippen molar-refractivity contribution in [1.82, 2.24) is 9.55 Å². The Morgan fingerprint density at radius 2 is 1.20 bits per heavy atom. The van der Waals surface area contributed by atoms with Crippen LogP contribution in [0.1, 0.15) is 42.9 Å². The molecule has 0 N–H and O–H groups in total. The molecule has 1 heterocycles. The SMILES string of the molecule is CB(c1ccccc1)c1ccccc1.CCCCCc1cccc([SiH2]C(c2ccccc2)(c2ccccc2)n2ccnc2)c1. The van der Waals surface area contributed by atoms with Gasteiger partial charge >= 0.3 is 0 Å². The van der Waals surface area contributed by atoms with Gasteiger partial charge in [-0.15, -0.1) is 0 Å². The van der Waals surface area contributed by atoms with Crippen molar-refractivity contribution in [3.8, 4) is 0 Å². The molecule has 0 spiro atoms. The van der Waals surface area contributed by atoms with Crippen molar-refractivity contribution in [2.75, 3.05) is 0 Å². The summed E-state index contributed by atoms with van der Waals surface area (Å²) in [7, 11) is -0.797. The predicted octanol–water partition coefficient (Wildman–Crippen LogP) is 6.78. The highest BCUT2D eigenvalue weighted by Crippen LogP contribution is 2.33. The third kappa shape index (κ3) is 7.75. The van der Waals surface area contributed by atoms with E-state index in [1.54, 1.807) is 0 Å². The van der Waals surface area contributed by atoms with E-state index < -0.39 is 9.52 Å². The van der Waals surface area contributed by atoms with E-state index in [1.807, 2.05) is 12.5 Å². The maximum Gasteiger partial charge on any atom is 0.206 e. The van der Waals surface area contributed by atoms with Gasteiger partial charge in [0.1, 0.15) is 0 Å². The molecule has 0 saturated carbocycles. The monoisotopic (exact) mass is 590 g/mol. The molecule has 1 aromatic heterocycles. The van der Waals surface area contributed by atoms with Crippen LogP contribution in [0, 0.1) is 0 Å². The molecule has 0 bridgehead atoms. The van der Waals surface area contributed by atoms with Crippen molar-refractivity contribution >= 4 is 32.3 Å². The van der Waals surface area contributed by atoms with Crippen molar-refractivity contribution in [3.63, 3.8) is 0 Å². The number of rotatable bonds is 11. The number of aromatic nitrogens is 2. The number of nitrogens with zero attached hydrogens (tertiary/aromatic N) is 2. The molecule has 0 atom stereocenters. The van der Waals surface area contributed by atoms with Crippen LogP contribution in [0.25, 0.3) is 0 Å². The largest absolute Gasteiger partial charge is 0.326 e. The summed E-state index contributed by atoms with van der Waals surface area (Å²) in [6.45, 7) is 4.99. The summed E-state index contributed by atoms with van der Waals surface area (Å²) in [6.07, 6.45) is 11.0. The fraction of sp³-hybridized carbons (Fsp3) is 0.175. The summed E-state index contributed by atoms with van der Waals surface area (Å²) in [5, 5.41) is 1.28. The average molecular weight is 591 g/mol. The van der Waals surface area contributed by atoms with E-state index in [4.69, 9.17) is 0 Å². The van der Waals surface area contributed by atoms with Gasteiger partial charge in [0, 0.05) is 12.4 Å². The molecule has 6 aromatic rings. The maximum atomic E-state index is 4.43. The fourth-order valence-electron chi connectivity index (χ4n) is 6.12. The van der Waals surface area contributed by atoms with Crippen molar-refractivity contribution in [2.45, 2.75) is 44.6 Å². The van der Waals surface area contributed by atoms with Gasteiger partial charge in [-0.3, -0.25) is 0 Å². The van der Waals surface area contributed by atoms with Gasteiger partial charge in [-0.25, -0.2) is 4.98 Å². The fourth-order valence-corrected chi connectivity index (χ4v) is 8.58. The minimum atomic E-state index is -0.797. The summed E-state index contributed by atoms with van der Waals surface area (Å²) in [5.41, 5.74) is 6.88. The van der Waals surface area contributed by atoms with Crippen LogP contribution in [0.5, 0.6) is 0 Å². The summed E-state index contributed by atoms with van der Waals surface area (Å²) < 4.78 is 2.33. The van der Waals surface area contributed by atoms with E-state index in [1.165, 1.54) is 58.5 Å². The second-order valence-corrected chi connectivity index (χ2v) is 13.8. The minimum absolute atomic E-state index is 0.207. The van der Waals surface area contributed by atoms with E-state index in [2.05, 4.69) is 175 Å². The van der Waals surface area contributed by atoms with Crippen LogP contribution in [0.3, 0.4) is 0 Å². The van der Waals surface area contributed by atoms with E-state index in [9.17, 15) is 0 Å². The third-order valence-corrected chi connectivity index (χ3v) is 11.1. The molecule has 4 heteroatoms. The zero-order chi connectivity index (χ0) is 30.5. The number of imidazole rings is 1. The van der Waals surface area contributed by atoms with Crippen molar-refractivity contribution in [2.24, 2.45) is 0 Å². The third-order valence-electron chi connectivity index (χ3n) is 8.57. The van der Waals surface area contributed by atoms with Crippen molar-refractivity contribution in [3.05, 3.63) is 181 Å². The van der Waals surface area contributed by atoms with Gasteiger partial charge in [0.15, 0.2) is 0 Å². The lowest BCUT2D eigenvalue weighted by atomic mass is 9.43. The van der Waals surface area contributed by atoms with Gasteiger partial charge in [-0.2, -0.15) is 0 Å². The minimum Gasteiger partial charge on any atom is -0.326 e. The summed E-state index contributed by atoms with van der Waals surface area (Å²) in [5.74, 6) is 0. The molecule has 220 valence electrons. The standard InChI is InChI=1S/C27H30N2Si.C13H13B/c1-2-3-6-12-23-13-11-18-26(21-23)30-27(29-20-19-28-22-29,24-14-7-4-8-15-24)25-16-9-5-10-17-25;1-14(12-8-4-2-5-9-12)13-10-6-3-7-11-13/h4-5,7-11,13-22H,2-3,6,12,30H2,1H3;2-11H,1H3. The number of aryl methyl sites for hydroxylation is 1. The topological polar surface area (TPSA) is 17.8 Å². The molecule has 5 aromatic carbocycles. The van der Waals surface area contributed by atoms with Crippen molar-refractivity contribution in [1.29, 1.82) is 0 Å². The van der Waals surface area contributed by atoms with Crippen LogP contribution in [-0.2, 0) is 11.6 Å². The lowest BCUT2D eigenvalue weighted by Gasteiger charge is -2.37. The molecule has 0 aliphatic rings. The summed E-state index contributed by atoms with van der Waals surface area (Å²) in [6, 6.07) is 52.4. The van der Waals surface area contributed by atoms with Gasteiger partial charge < -0.3 is 4.57 Å². The number of benzene rings is 5. The van der Waals surface area contributed by atoms with Crippen LogP contribution in [0.4, 0.5) is 0 Å². The Morgan fingerprint density at radius 3 is 1.70 bits per heavy atom. The molecular weight excluding hydrogens is 547 g/mol. The Morgan fingerprint density at radius 1 is 0.659 bits per heavy atom. The maximum absolute atomic E-state index is 4.43. The van der Waals surface area contributed by atoms with Gasteiger partial charge in [0.05, 0.1) is 21.0 Å². The lowest BCUT2D eigenvalue weighted by Crippen LogP contribution is -2.46. The van der Waals surface area contributed by atoms with Gasteiger partial charge in [0.2, 0.25) is 6.71 Å². The van der Waals surface area contributed by atoms with Crippen molar-refractivity contribution < 1.29 is 0 Å². The molecule has 0 fully saturated rings. The smallest absolute Gasteiger partial charge is 0.206 e. The zero-order valence-corrected chi connectivity index (χ0v) is 27.5. The summed E-state index contributed by atoms with van der Waals surface area (Å²) in [4.78, 5) is 4.43. The highest BCUT2D eigenvalue weighted by atomic mass is 28.2. The Kier molecular flexibility index (Phi) is 11.2. The highest BCUT2D eigenvalue weighted by Gasteiger charge is 2.36. The van der Waals surface area contributed by atoms with E-state index in [0.717, 1.165) is 0 Å². The first-order valence-electron chi connectivity index (χ1n) is 16.0. The first kappa shape index (κ1) is 31.0. The summed E-state index contributed by atoms with van der Waals surface area (Å²) >= 11 is 0. The Balaban J connectivity index is 0.000000229. The van der Waals surface area contributed by atoms with Gasteiger partial charge in [0.25, 0.3) is 0 Å². The van der Waals surface area contributed by atoms with Crippen LogP contribution >= 0.6 is 0 Å². The number of hydrogen-bond donors (Lipinski definition) is 0. The zero-order valence-electron chi connectivity index (χ0n) is 26.1. The molecule has 44 heavy (non-hydrogen) atoms. The highest BCUT2D eigenvalue weighted by molar-refractivity contribution is 6.84. The van der Waals surface area contributed by atoms with Crippen LogP contribution in [-0.4, -0.2) is 25.8 Å². The van der Waals surface area contributed by atoms with Crippen LogP contribution < -0.4 is 16.1 Å². The molecule has 0 unspecified atom stereocenters. The molecule has 2 nitrogen and oxygen atoms in total. The quantitative estimate of drug-likeness (QED) is 0.120. The van der Waals surface area contributed by atoms with Crippen LogP contribution in [0.15, 0.2) is 164 Å². The first-order valence-corrected chi connectivity index (χ1v) is 17.4. The van der Waals surface area contributed by atoms with E-state index in [-0.39, 0.29) is 5.16 Å². The Bertz CT molecular complexity index is 1560. The second kappa shape index (κ2) is 15.9. The van der Waals surface area contributed by atoms with Crippen LogP contribution in [0.2, 0.25) is 6.82 Å². The second-order valence-electron chi connectivity index (χ2n) is 11.6. The number of hydrogen-bond acceptors (Lipinski definition) is 1. The predicted molar refractivity (Wildman–Crippen MR) is 193 cm³/mol. The Hall–Kier alpha value is -4.41. The first-order chi connectivity index (χ1) is 21.7.